The van der Waals surface area contributed by atoms with E-state index in [4.69, 9.17) is 4.74 Å². The average molecular weight is 255 g/mol. The molecule has 0 aliphatic heterocycles. The monoisotopic (exact) mass is 255 g/mol. The van der Waals surface area contributed by atoms with Crippen molar-refractivity contribution >= 4 is 17.6 Å². The van der Waals surface area contributed by atoms with Crippen LogP contribution in [0.15, 0.2) is 11.1 Å². The molecule has 1 atom stereocenters. The van der Waals surface area contributed by atoms with Gasteiger partial charge in [-0.05, 0) is 13.3 Å². The third-order valence-electron chi connectivity index (χ3n) is 2.28. The lowest BCUT2D eigenvalue weighted by Crippen LogP contribution is -2.06. The second-order valence-electron chi connectivity index (χ2n) is 3.81. The van der Waals surface area contributed by atoms with Gasteiger partial charge in [0.2, 0.25) is 0 Å². The Labute approximate surface area is 108 Å². The number of nitrogens with zero attached hydrogens (tertiary/aromatic N) is 2. The summed E-state index contributed by atoms with van der Waals surface area (Å²) in [6.45, 7) is 7.75. The third kappa shape index (κ3) is 4.91. The lowest BCUT2D eigenvalue weighted by molar-refractivity contribution is 0.177. The zero-order valence-electron chi connectivity index (χ0n) is 11.0. The molecule has 5 heteroatoms. The quantitative estimate of drug-likeness (QED) is 0.599. The maximum Gasteiger partial charge on any atom is 0.157 e. The van der Waals surface area contributed by atoms with Gasteiger partial charge in [0.1, 0.15) is 17.5 Å². The normalized spacial score (nSPS) is 12.5. The molecule has 1 rings (SSSR count). The molecule has 0 aliphatic carbocycles. The molecule has 0 aromatic carbocycles. The Morgan fingerprint density at radius 2 is 2.18 bits per heavy atom. The van der Waals surface area contributed by atoms with Crippen LogP contribution in [0, 0.1) is 0 Å². The van der Waals surface area contributed by atoms with Crippen molar-refractivity contribution in [3.05, 3.63) is 11.9 Å². The van der Waals surface area contributed by atoms with Crippen LogP contribution in [-0.2, 0) is 11.3 Å². The first-order valence-electron chi connectivity index (χ1n) is 5.97. The predicted octanol–water partition coefficient (Wildman–Crippen LogP) is 2.95. The number of anilines is 1. The third-order valence-corrected chi connectivity index (χ3v) is 3.46. The molecule has 17 heavy (non-hydrogen) atoms. The van der Waals surface area contributed by atoms with E-state index < -0.39 is 0 Å². The van der Waals surface area contributed by atoms with Gasteiger partial charge in [0.05, 0.1) is 0 Å². The Kier molecular flexibility index (Phi) is 6.29. The maximum absolute atomic E-state index is 5.09. The standard InChI is InChI=1S/C12H21N3OS/c1-5-9(3)17-12-7-10(13-6-2)14-11(15-12)8-16-4/h7,9H,5-6,8H2,1-4H3,(H,13,14,15). The predicted molar refractivity (Wildman–Crippen MR) is 72.5 cm³/mol. The van der Waals surface area contributed by atoms with Gasteiger partial charge in [-0.1, -0.05) is 13.8 Å². The summed E-state index contributed by atoms with van der Waals surface area (Å²) in [4.78, 5) is 8.87. The van der Waals surface area contributed by atoms with Gasteiger partial charge in [-0.3, -0.25) is 0 Å². The highest BCUT2D eigenvalue weighted by Gasteiger charge is 2.08. The molecule has 0 aliphatic rings. The first-order chi connectivity index (χ1) is 8.19. The minimum Gasteiger partial charge on any atom is -0.377 e. The van der Waals surface area contributed by atoms with Crippen LogP contribution in [0.2, 0.25) is 0 Å². The number of aromatic nitrogens is 2. The summed E-state index contributed by atoms with van der Waals surface area (Å²) in [7, 11) is 1.66. The van der Waals surface area contributed by atoms with Crippen LogP contribution in [-0.4, -0.2) is 28.9 Å². The molecule has 0 spiro atoms. The summed E-state index contributed by atoms with van der Waals surface area (Å²) >= 11 is 1.78. The number of hydrogen-bond donors (Lipinski definition) is 1. The molecule has 0 saturated heterocycles. The molecule has 0 bridgehead atoms. The highest BCUT2D eigenvalue weighted by molar-refractivity contribution is 7.99. The lowest BCUT2D eigenvalue weighted by Gasteiger charge is -2.11. The summed E-state index contributed by atoms with van der Waals surface area (Å²) in [5.74, 6) is 1.61. The van der Waals surface area contributed by atoms with Gasteiger partial charge in [-0.15, -0.1) is 11.8 Å². The van der Waals surface area contributed by atoms with Crippen molar-refractivity contribution in [2.45, 2.75) is 44.1 Å². The summed E-state index contributed by atoms with van der Waals surface area (Å²) in [6, 6.07) is 2.00. The van der Waals surface area contributed by atoms with Gasteiger partial charge in [-0.25, -0.2) is 9.97 Å². The fourth-order valence-electron chi connectivity index (χ4n) is 1.29. The van der Waals surface area contributed by atoms with E-state index in [-0.39, 0.29) is 0 Å². The van der Waals surface area contributed by atoms with Gasteiger partial charge in [0.15, 0.2) is 5.82 Å². The van der Waals surface area contributed by atoms with Gasteiger partial charge in [0.25, 0.3) is 0 Å². The molecule has 1 unspecified atom stereocenters. The zero-order valence-corrected chi connectivity index (χ0v) is 11.8. The lowest BCUT2D eigenvalue weighted by atomic mass is 10.4. The fourth-order valence-corrected chi connectivity index (χ4v) is 2.20. The summed E-state index contributed by atoms with van der Waals surface area (Å²) in [5.41, 5.74) is 0. The van der Waals surface area contributed by atoms with E-state index >= 15 is 0 Å². The SMILES string of the molecule is CCNc1cc(SC(C)CC)nc(COC)n1. The molecule has 1 aromatic heterocycles. The highest BCUT2D eigenvalue weighted by atomic mass is 32.2. The number of ether oxygens (including phenoxy) is 1. The van der Waals surface area contributed by atoms with Crippen molar-refractivity contribution in [2.75, 3.05) is 19.0 Å². The number of methoxy groups -OCH3 is 1. The van der Waals surface area contributed by atoms with Gasteiger partial charge < -0.3 is 10.1 Å². The molecule has 1 heterocycles. The smallest absolute Gasteiger partial charge is 0.157 e. The number of thioether (sulfide) groups is 1. The molecular weight excluding hydrogens is 234 g/mol. The van der Waals surface area contributed by atoms with E-state index in [1.54, 1.807) is 18.9 Å². The molecule has 0 saturated carbocycles. The second-order valence-corrected chi connectivity index (χ2v) is 5.27. The van der Waals surface area contributed by atoms with Crippen LogP contribution in [0.5, 0.6) is 0 Å². The Morgan fingerprint density at radius 1 is 1.41 bits per heavy atom. The first-order valence-corrected chi connectivity index (χ1v) is 6.85. The van der Waals surface area contributed by atoms with Crippen LogP contribution < -0.4 is 5.32 Å². The largest absolute Gasteiger partial charge is 0.377 e. The molecule has 0 fully saturated rings. The molecule has 4 nitrogen and oxygen atoms in total. The van der Waals surface area contributed by atoms with Crippen molar-refractivity contribution < 1.29 is 4.74 Å². The van der Waals surface area contributed by atoms with Crippen LogP contribution >= 0.6 is 11.8 Å². The first kappa shape index (κ1) is 14.3. The van der Waals surface area contributed by atoms with Crippen molar-refractivity contribution in [2.24, 2.45) is 0 Å². The van der Waals surface area contributed by atoms with E-state index in [9.17, 15) is 0 Å². The van der Waals surface area contributed by atoms with Crippen LogP contribution in [0.25, 0.3) is 0 Å². The Balaban J connectivity index is 2.86. The van der Waals surface area contributed by atoms with E-state index in [1.807, 2.05) is 6.07 Å². The molecule has 0 radical (unpaired) electrons. The van der Waals surface area contributed by atoms with Crippen LogP contribution in [0.4, 0.5) is 5.82 Å². The Bertz CT molecular complexity index is 322. The number of rotatable bonds is 7. The Morgan fingerprint density at radius 3 is 2.76 bits per heavy atom. The summed E-state index contributed by atoms with van der Waals surface area (Å²) < 4.78 is 5.09. The van der Waals surface area contributed by atoms with Crippen molar-refractivity contribution in [1.29, 1.82) is 0 Å². The van der Waals surface area contributed by atoms with E-state index in [0.717, 1.165) is 29.6 Å². The minimum absolute atomic E-state index is 0.452. The summed E-state index contributed by atoms with van der Waals surface area (Å²) in [6.07, 6.45) is 1.13. The van der Waals surface area contributed by atoms with Gasteiger partial charge in [-0.2, -0.15) is 0 Å². The number of hydrogen-bond acceptors (Lipinski definition) is 5. The van der Waals surface area contributed by atoms with Crippen molar-refractivity contribution in [1.82, 2.24) is 9.97 Å². The van der Waals surface area contributed by atoms with Crippen LogP contribution in [0.1, 0.15) is 33.0 Å². The topological polar surface area (TPSA) is 47.0 Å². The second kappa shape index (κ2) is 7.50. The fraction of sp³-hybridized carbons (Fsp3) is 0.667. The maximum atomic E-state index is 5.09. The molecule has 1 aromatic rings. The molecule has 96 valence electrons. The van der Waals surface area contributed by atoms with E-state index in [2.05, 4.69) is 36.1 Å². The zero-order chi connectivity index (χ0) is 12.7. The molecular formula is C12H21N3OS. The van der Waals surface area contributed by atoms with Crippen molar-refractivity contribution in [3.63, 3.8) is 0 Å². The van der Waals surface area contributed by atoms with E-state index in [0.29, 0.717) is 11.9 Å². The molecule has 1 N–H and O–H groups in total. The average Bonchev–Trinajstić information content (AvgIpc) is 2.29. The van der Waals surface area contributed by atoms with E-state index in [1.165, 1.54) is 0 Å². The van der Waals surface area contributed by atoms with Gasteiger partial charge in [0, 0.05) is 25.0 Å². The minimum atomic E-state index is 0.452. The van der Waals surface area contributed by atoms with Crippen LogP contribution in [0.3, 0.4) is 0 Å². The van der Waals surface area contributed by atoms with Gasteiger partial charge >= 0.3 is 0 Å². The molecule has 0 amide bonds. The highest BCUT2D eigenvalue weighted by Crippen LogP contribution is 2.25. The number of nitrogens with one attached hydrogen (secondary N) is 1. The van der Waals surface area contributed by atoms with Crippen molar-refractivity contribution in [3.8, 4) is 0 Å². The summed E-state index contributed by atoms with van der Waals surface area (Å²) in [5, 5.41) is 4.79. The Hall–Kier alpha value is -0.810.